The minimum atomic E-state index is -0.706. The van der Waals surface area contributed by atoms with Gasteiger partial charge in [-0.15, -0.1) is 0 Å². The molecule has 10 nitrogen and oxygen atoms in total. The number of nitrogens with zero attached hydrogens (tertiary/aromatic N) is 2. The minimum Gasteiger partial charge on any atom is -0.495 e. The Bertz CT molecular complexity index is 989. The fourth-order valence-corrected chi connectivity index (χ4v) is 3.71. The number of aromatic nitrogens is 2. The van der Waals surface area contributed by atoms with Crippen molar-refractivity contribution in [2.75, 3.05) is 24.8 Å². The first kappa shape index (κ1) is 23.3. The summed E-state index contributed by atoms with van der Waals surface area (Å²) in [5.74, 6) is 0.215. The Morgan fingerprint density at radius 2 is 1.91 bits per heavy atom. The maximum Gasteiger partial charge on any atom is 0.271 e. The lowest BCUT2D eigenvalue weighted by Gasteiger charge is -2.27. The molecule has 10 heteroatoms. The predicted octanol–water partition coefficient (Wildman–Crippen LogP) is 1.97. The number of primary amides is 1. The van der Waals surface area contributed by atoms with Gasteiger partial charge in [0.1, 0.15) is 11.6 Å². The Labute approximate surface area is 187 Å². The first-order valence-corrected chi connectivity index (χ1v) is 10.7. The normalized spacial score (nSPS) is 18.0. The Kier molecular flexibility index (Phi) is 7.47. The van der Waals surface area contributed by atoms with Crippen molar-refractivity contribution in [3.05, 3.63) is 35.2 Å². The summed E-state index contributed by atoms with van der Waals surface area (Å²) in [5, 5.41) is 18.8. The third kappa shape index (κ3) is 5.25. The number of hydrogen-bond acceptors (Lipinski definition) is 8. The van der Waals surface area contributed by atoms with Crippen molar-refractivity contribution in [3.63, 3.8) is 0 Å². The van der Waals surface area contributed by atoms with Crippen LogP contribution in [0.15, 0.2) is 18.2 Å². The number of benzene rings is 1. The summed E-state index contributed by atoms with van der Waals surface area (Å²) < 4.78 is 5.41. The summed E-state index contributed by atoms with van der Waals surface area (Å²) in [6.07, 6.45) is 3.40. The molecule has 0 radical (unpaired) electrons. The third-order valence-corrected chi connectivity index (χ3v) is 5.52. The topological polar surface area (TPSA) is 151 Å². The molecule has 1 aromatic carbocycles. The van der Waals surface area contributed by atoms with E-state index in [-0.39, 0.29) is 29.6 Å². The molecule has 2 amide bonds. The second kappa shape index (κ2) is 10.3. The van der Waals surface area contributed by atoms with Gasteiger partial charge in [0.2, 0.25) is 0 Å². The third-order valence-electron chi connectivity index (χ3n) is 5.52. The van der Waals surface area contributed by atoms with E-state index in [1.165, 1.54) is 7.11 Å². The van der Waals surface area contributed by atoms with Crippen LogP contribution in [0.4, 0.5) is 17.3 Å². The summed E-state index contributed by atoms with van der Waals surface area (Å²) in [4.78, 5) is 33.1. The highest BCUT2D eigenvalue weighted by Gasteiger charge is 2.23. The number of amides is 2. The van der Waals surface area contributed by atoms with Crippen LogP contribution in [0.3, 0.4) is 0 Å². The van der Waals surface area contributed by atoms with Crippen molar-refractivity contribution >= 4 is 29.1 Å². The van der Waals surface area contributed by atoms with E-state index in [2.05, 4.69) is 25.9 Å². The first-order chi connectivity index (χ1) is 15.4. The number of carbonyl (C=O) groups excluding carboxylic acids is 2. The van der Waals surface area contributed by atoms with Crippen molar-refractivity contribution in [2.24, 2.45) is 5.73 Å². The number of nitrogens with one attached hydrogen (secondary N) is 3. The van der Waals surface area contributed by atoms with Gasteiger partial charge in [0.25, 0.3) is 11.8 Å². The molecule has 6 N–H and O–H groups in total. The molecule has 1 fully saturated rings. The second-order valence-corrected chi connectivity index (χ2v) is 7.70. The molecule has 0 saturated heterocycles. The maximum absolute atomic E-state index is 12.1. The highest BCUT2D eigenvalue weighted by atomic mass is 16.5. The van der Waals surface area contributed by atoms with Crippen LogP contribution < -0.4 is 26.4 Å². The zero-order chi connectivity index (χ0) is 23.3. The summed E-state index contributed by atoms with van der Waals surface area (Å²) in [6, 6.07) is 5.05. The second-order valence-electron chi connectivity index (χ2n) is 7.70. The van der Waals surface area contributed by atoms with Gasteiger partial charge in [-0.05, 0) is 50.3 Å². The highest BCUT2D eigenvalue weighted by Crippen LogP contribution is 2.31. The Morgan fingerprint density at radius 1 is 1.19 bits per heavy atom. The van der Waals surface area contributed by atoms with Crippen LogP contribution in [0, 0.1) is 0 Å². The average molecular weight is 443 g/mol. The molecule has 0 atom stereocenters. The van der Waals surface area contributed by atoms with Crippen molar-refractivity contribution in [1.82, 2.24) is 15.3 Å². The Morgan fingerprint density at radius 3 is 2.50 bits per heavy atom. The largest absolute Gasteiger partial charge is 0.495 e. The molecule has 0 spiro atoms. The number of ether oxygens (including phenoxy) is 1. The van der Waals surface area contributed by atoms with Crippen LogP contribution in [0.25, 0.3) is 0 Å². The first-order valence-electron chi connectivity index (χ1n) is 10.7. The maximum atomic E-state index is 12.1. The number of aliphatic hydroxyl groups excluding tert-OH is 1. The van der Waals surface area contributed by atoms with Gasteiger partial charge in [0.15, 0.2) is 11.5 Å². The monoisotopic (exact) mass is 442 g/mol. The van der Waals surface area contributed by atoms with Crippen LogP contribution in [-0.4, -0.2) is 53.2 Å². The van der Waals surface area contributed by atoms with E-state index in [0.29, 0.717) is 34.9 Å². The summed E-state index contributed by atoms with van der Waals surface area (Å²) in [5.41, 5.74) is 7.17. The van der Waals surface area contributed by atoms with Crippen LogP contribution in [0.5, 0.6) is 5.75 Å². The summed E-state index contributed by atoms with van der Waals surface area (Å²) in [7, 11) is 3.03. The molecule has 1 saturated carbocycles. The predicted molar refractivity (Wildman–Crippen MR) is 121 cm³/mol. The van der Waals surface area contributed by atoms with Gasteiger partial charge in [-0.1, -0.05) is 6.92 Å². The Hall–Kier alpha value is -3.40. The standard InChI is InChI=1S/C22H30N6O4/c1-4-15-20(25-13-6-8-14(29)9-7-13)28-21(18(26-15)19(23)30)27-16-10-5-12(22(31)24-2)11-17(16)32-3/h5,10-11,13-14,29H,4,6-9H2,1-3H3,(H2,23,30)(H,24,31)(H2,25,27,28)/t13-,14-. The number of methoxy groups -OCH3 is 1. The number of hydrogen-bond donors (Lipinski definition) is 5. The van der Waals surface area contributed by atoms with Gasteiger partial charge in [0.05, 0.1) is 24.6 Å². The molecule has 0 bridgehead atoms. The van der Waals surface area contributed by atoms with E-state index in [0.717, 1.165) is 25.7 Å². The molecule has 1 aliphatic rings. The number of aryl methyl sites for hydroxylation is 1. The van der Waals surface area contributed by atoms with E-state index >= 15 is 0 Å². The molecule has 1 aromatic heterocycles. The van der Waals surface area contributed by atoms with Crippen molar-refractivity contribution in [1.29, 1.82) is 0 Å². The van der Waals surface area contributed by atoms with Crippen LogP contribution in [0.2, 0.25) is 0 Å². The van der Waals surface area contributed by atoms with Gasteiger partial charge in [-0.25, -0.2) is 9.97 Å². The lowest BCUT2D eigenvalue weighted by Crippen LogP contribution is -2.29. The molecule has 0 aliphatic heterocycles. The zero-order valence-corrected chi connectivity index (χ0v) is 18.6. The van der Waals surface area contributed by atoms with E-state index in [1.54, 1.807) is 25.2 Å². The van der Waals surface area contributed by atoms with Crippen LogP contribution in [-0.2, 0) is 6.42 Å². The van der Waals surface area contributed by atoms with Gasteiger partial charge < -0.3 is 31.5 Å². The van der Waals surface area contributed by atoms with E-state index in [4.69, 9.17) is 10.5 Å². The molecule has 32 heavy (non-hydrogen) atoms. The number of aliphatic hydroxyl groups is 1. The molecule has 3 rings (SSSR count). The van der Waals surface area contributed by atoms with Crippen LogP contribution >= 0.6 is 0 Å². The van der Waals surface area contributed by atoms with Crippen molar-refractivity contribution in [2.45, 2.75) is 51.2 Å². The molecule has 0 unspecified atom stereocenters. The molecular formula is C22H30N6O4. The lowest BCUT2D eigenvalue weighted by molar-refractivity contribution is 0.0961. The van der Waals surface area contributed by atoms with Crippen LogP contribution in [0.1, 0.15) is 59.1 Å². The summed E-state index contributed by atoms with van der Waals surface area (Å²) in [6.45, 7) is 1.93. The van der Waals surface area contributed by atoms with Gasteiger partial charge >= 0.3 is 0 Å². The molecule has 172 valence electrons. The lowest BCUT2D eigenvalue weighted by atomic mass is 9.93. The van der Waals surface area contributed by atoms with Gasteiger partial charge in [0, 0.05) is 18.7 Å². The number of anilines is 3. The highest BCUT2D eigenvalue weighted by molar-refractivity contribution is 5.97. The van der Waals surface area contributed by atoms with Gasteiger partial charge in [-0.2, -0.15) is 0 Å². The molecule has 1 aliphatic carbocycles. The number of carbonyl (C=O) groups is 2. The summed E-state index contributed by atoms with van der Waals surface area (Å²) >= 11 is 0. The average Bonchev–Trinajstić information content (AvgIpc) is 2.80. The zero-order valence-electron chi connectivity index (χ0n) is 18.6. The van der Waals surface area contributed by atoms with Crippen molar-refractivity contribution in [3.8, 4) is 5.75 Å². The van der Waals surface area contributed by atoms with Crippen molar-refractivity contribution < 1.29 is 19.4 Å². The minimum absolute atomic E-state index is 0.0175. The quantitative estimate of drug-likeness (QED) is 0.416. The van der Waals surface area contributed by atoms with E-state index < -0.39 is 5.91 Å². The Balaban J connectivity index is 1.96. The fourth-order valence-electron chi connectivity index (χ4n) is 3.71. The van der Waals surface area contributed by atoms with Gasteiger partial charge in [-0.3, -0.25) is 9.59 Å². The molecular weight excluding hydrogens is 412 g/mol. The fraction of sp³-hybridized carbons (Fsp3) is 0.455. The SMILES string of the molecule is CCc1nc(C(N)=O)c(Nc2ccc(C(=O)NC)cc2OC)nc1N[C@H]1CC[C@H](O)CC1. The smallest absolute Gasteiger partial charge is 0.271 e. The van der Waals surface area contributed by atoms with E-state index in [9.17, 15) is 14.7 Å². The van der Waals surface area contributed by atoms with E-state index in [1.807, 2.05) is 6.92 Å². The number of nitrogens with two attached hydrogens (primary N) is 1. The molecule has 2 aromatic rings. The number of rotatable bonds is 8. The molecule has 1 heterocycles.